The molecular formula is C17H24N2O4S. The van der Waals surface area contributed by atoms with Gasteiger partial charge in [-0.15, -0.1) is 0 Å². The maximum atomic E-state index is 12.9. The van der Waals surface area contributed by atoms with Gasteiger partial charge in [0.25, 0.3) is 5.91 Å². The highest BCUT2D eigenvalue weighted by Crippen LogP contribution is 2.27. The average molecular weight is 352 g/mol. The van der Waals surface area contributed by atoms with E-state index in [4.69, 9.17) is 4.74 Å². The molecule has 2 aliphatic rings. The summed E-state index contributed by atoms with van der Waals surface area (Å²) in [5, 5.41) is 0. The Labute approximate surface area is 143 Å². The van der Waals surface area contributed by atoms with Crippen LogP contribution in [0.5, 0.6) is 5.75 Å². The van der Waals surface area contributed by atoms with Crippen molar-refractivity contribution in [3.05, 3.63) is 23.8 Å². The number of hydrogen-bond acceptors (Lipinski definition) is 4. The van der Waals surface area contributed by atoms with E-state index >= 15 is 0 Å². The van der Waals surface area contributed by atoms with Crippen molar-refractivity contribution in [3.8, 4) is 5.75 Å². The van der Waals surface area contributed by atoms with Gasteiger partial charge in [-0.05, 0) is 43.9 Å². The maximum Gasteiger partial charge on any atom is 0.257 e. The quantitative estimate of drug-likeness (QED) is 0.881. The third-order valence-electron chi connectivity index (χ3n) is 4.50. The number of nitrogens with zero attached hydrogens (tertiary/aromatic N) is 1. The van der Waals surface area contributed by atoms with E-state index in [1.54, 1.807) is 11.0 Å². The first-order chi connectivity index (χ1) is 11.5. The average Bonchev–Trinajstić information content (AvgIpc) is 3.39. The van der Waals surface area contributed by atoms with Gasteiger partial charge in [-0.2, -0.15) is 0 Å². The van der Waals surface area contributed by atoms with E-state index in [1.165, 1.54) is 19.2 Å². The lowest BCUT2D eigenvalue weighted by atomic mass is 10.1. The summed E-state index contributed by atoms with van der Waals surface area (Å²) < 4.78 is 32.8. The van der Waals surface area contributed by atoms with Gasteiger partial charge < -0.3 is 9.64 Å². The molecule has 1 heterocycles. The molecule has 1 N–H and O–H groups in total. The molecular weight excluding hydrogens is 328 g/mol. The molecule has 132 valence electrons. The summed E-state index contributed by atoms with van der Waals surface area (Å²) in [6, 6.07) is 4.52. The van der Waals surface area contributed by atoms with Crippen molar-refractivity contribution >= 4 is 15.9 Å². The molecule has 1 amide bonds. The minimum Gasteiger partial charge on any atom is -0.496 e. The second kappa shape index (κ2) is 7.11. The van der Waals surface area contributed by atoms with Gasteiger partial charge in [0, 0.05) is 19.1 Å². The number of likely N-dealkylation sites (tertiary alicyclic amines) is 1. The van der Waals surface area contributed by atoms with Crippen LogP contribution in [0.2, 0.25) is 0 Å². The summed E-state index contributed by atoms with van der Waals surface area (Å²) in [5.74, 6) is 0.256. The molecule has 1 aromatic carbocycles. The highest BCUT2D eigenvalue weighted by atomic mass is 32.2. The predicted octanol–water partition coefficient (Wildman–Crippen LogP) is 2.15. The van der Waals surface area contributed by atoms with Gasteiger partial charge in [-0.25, -0.2) is 13.1 Å². The minimum atomic E-state index is -3.59. The number of nitrogens with one attached hydrogen (secondary N) is 1. The van der Waals surface area contributed by atoms with Crippen LogP contribution < -0.4 is 9.46 Å². The van der Waals surface area contributed by atoms with Gasteiger partial charge in [0.1, 0.15) is 5.75 Å². The Bertz CT molecular complexity index is 705. The molecule has 0 aromatic heterocycles. The van der Waals surface area contributed by atoms with Gasteiger partial charge in [0.2, 0.25) is 10.0 Å². The van der Waals surface area contributed by atoms with Gasteiger partial charge >= 0.3 is 0 Å². The van der Waals surface area contributed by atoms with Crippen LogP contribution in [0.3, 0.4) is 0 Å². The number of rotatable bonds is 5. The van der Waals surface area contributed by atoms with Gasteiger partial charge in [-0.3, -0.25) is 4.79 Å². The molecule has 1 saturated heterocycles. The van der Waals surface area contributed by atoms with Crippen LogP contribution in [0.4, 0.5) is 0 Å². The highest BCUT2D eigenvalue weighted by molar-refractivity contribution is 7.89. The van der Waals surface area contributed by atoms with Crippen LogP contribution in [0.1, 0.15) is 48.9 Å². The normalized spacial score (nSPS) is 19.0. The zero-order valence-corrected chi connectivity index (χ0v) is 14.8. The van der Waals surface area contributed by atoms with Crippen molar-refractivity contribution in [2.24, 2.45) is 0 Å². The smallest absolute Gasteiger partial charge is 0.257 e. The molecule has 0 spiro atoms. The second-order valence-corrected chi connectivity index (χ2v) is 8.18. The Balaban J connectivity index is 1.89. The van der Waals surface area contributed by atoms with Gasteiger partial charge in [0.05, 0.1) is 17.6 Å². The molecule has 0 radical (unpaired) electrons. The number of hydrogen-bond donors (Lipinski definition) is 1. The molecule has 1 aliphatic heterocycles. The topological polar surface area (TPSA) is 75.7 Å². The fourth-order valence-electron chi connectivity index (χ4n) is 2.95. The van der Waals surface area contributed by atoms with Crippen LogP contribution in [0.15, 0.2) is 23.1 Å². The number of sulfonamides is 1. The number of carbonyl (C=O) groups is 1. The second-order valence-electron chi connectivity index (χ2n) is 6.46. The molecule has 0 atom stereocenters. The Morgan fingerprint density at radius 2 is 1.83 bits per heavy atom. The Morgan fingerprint density at radius 3 is 2.42 bits per heavy atom. The number of methoxy groups -OCH3 is 1. The Hall–Kier alpha value is -1.60. The van der Waals surface area contributed by atoms with E-state index < -0.39 is 10.0 Å². The summed E-state index contributed by atoms with van der Waals surface area (Å²) in [6.45, 7) is 1.42. The third-order valence-corrected chi connectivity index (χ3v) is 6.02. The molecule has 24 heavy (non-hydrogen) atoms. The molecule has 1 aliphatic carbocycles. The molecule has 0 bridgehead atoms. The summed E-state index contributed by atoms with van der Waals surface area (Å²) in [7, 11) is -2.10. The Kier molecular flexibility index (Phi) is 5.10. The monoisotopic (exact) mass is 352 g/mol. The summed E-state index contributed by atoms with van der Waals surface area (Å²) in [5.41, 5.74) is 0.318. The molecule has 7 heteroatoms. The fourth-order valence-corrected chi connectivity index (χ4v) is 4.28. The van der Waals surface area contributed by atoms with Gasteiger partial charge in [-0.1, -0.05) is 12.8 Å². The molecule has 6 nitrogen and oxygen atoms in total. The molecule has 0 unspecified atom stereocenters. The van der Waals surface area contributed by atoms with E-state index in [9.17, 15) is 13.2 Å². The third kappa shape index (κ3) is 3.89. The summed E-state index contributed by atoms with van der Waals surface area (Å²) in [4.78, 5) is 14.8. The van der Waals surface area contributed by atoms with Crippen molar-refractivity contribution in [1.82, 2.24) is 9.62 Å². The van der Waals surface area contributed by atoms with Gasteiger partial charge in [0.15, 0.2) is 0 Å². The molecule has 1 aromatic rings. The van der Waals surface area contributed by atoms with E-state index in [0.29, 0.717) is 24.4 Å². The maximum absolute atomic E-state index is 12.9. The summed E-state index contributed by atoms with van der Waals surface area (Å²) >= 11 is 0. The van der Waals surface area contributed by atoms with E-state index in [0.717, 1.165) is 38.5 Å². The van der Waals surface area contributed by atoms with Crippen molar-refractivity contribution in [1.29, 1.82) is 0 Å². The van der Waals surface area contributed by atoms with E-state index in [1.807, 2.05) is 0 Å². The zero-order valence-electron chi connectivity index (χ0n) is 14.0. The molecule has 3 rings (SSSR count). The first-order valence-electron chi connectivity index (χ1n) is 8.51. The largest absolute Gasteiger partial charge is 0.496 e. The van der Waals surface area contributed by atoms with E-state index in [-0.39, 0.29) is 16.8 Å². The predicted molar refractivity (Wildman–Crippen MR) is 90.7 cm³/mol. The van der Waals surface area contributed by atoms with Crippen LogP contribution in [0.25, 0.3) is 0 Å². The van der Waals surface area contributed by atoms with Crippen molar-refractivity contribution < 1.29 is 17.9 Å². The molecule has 1 saturated carbocycles. The first kappa shape index (κ1) is 17.2. The zero-order chi connectivity index (χ0) is 17.2. The SMILES string of the molecule is COc1ccc(S(=O)(=O)NC2CC2)cc1C(=O)N1CCCCCC1. The number of carbonyl (C=O) groups excluding carboxylic acids is 1. The fraction of sp³-hybridized carbons (Fsp3) is 0.588. The van der Waals surface area contributed by atoms with Crippen molar-refractivity contribution in [2.45, 2.75) is 49.5 Å². The van der Waals surface area contributed by atoms with Crippen LogP contribution in [-0.4, -0.2) is 45.5 Å². The standard InChI is InChI=1S/C17H24N2O4S/c1-23-16-9-8-14(24(21,22)18-13-6-7-13)12-15(16)17(20)19-10-4-2-3-5-11-19/h8-9,12-13,18H,2-7,10-11H2,1H3. The lowest BCUT2D eigenvalue weighted by Gasteiger charge is -2.22. The van der Waals surface area contributed by atoms with Crippen molar-refractivity contribution in [3.63, 3.8) is 0 Å². The number of ether oxygens (including phenoxy) is 1. The lowest BCUT2D eigenvalue weighted by molar-refractivity contribution is 0.0758. The number of amides is 1. The van der Waals surface area contributed by atoms with Crippen molar-refractivity contribution in [2.75, 3.05) is 20.2 Å². The Morgan fingerprint density at radius 1 is 1.17 bits per heavy atom. The van der Waals surface area contributed by atoms with E-state index in [2.05, 4.69) is 4.72 Å². The van der Waals surface area contributed by atoms with Crippen LogP contribution in [0, 0.1) is 0 Å². The minimum absolute atomic E-state index is 0.0295. The van der Waals surface area contributed by atoms with Crippen LogP contribution in [-0.2, 0) is 10.0 Å². The number of benzene rings is 1. The lowest BCUT2D eigenvalue weighted by Crippen LogP contribution is -2.32. The first-order valence-corrected chi connectivity index (χ1v) is 9.99. The molecule has 2 fully saturated rings. The van der Waals surface area contributed by atoms with Crippen LogP contribution >= 0.6 is 0 Å². The highest BCUT2D eigenvalue weighted by Gasteiger charge is 2.29. The summed E-state index contributed by atoms with van der Waals surface area (Å²) in [6.07, 6.45) is 5.95.